The fraction of sp³-hybridized carbons (Fsp3) is 0.154. The van der Waals surface area contributed by atoms with Crippen LogP contribution in [-0.4, -0.2) is 5.84 Å². The molecule has 5 heteroatoms. The highest BCUT2D eigenvalue weighted by Gasteiger charge is 2.00. The Hall–Kier alpha value is -1.33. The lowest BCUT2D eigenvalue weighted by molar-refractivity contribution is 0.309. The highest BCUT2D eigenvalue weighted by molar-refractivity contribution is 9.10. The quantitative estimate of drug-likeness (QED) is 0.652. The molecule has 18 heavy (non-hydrogen) atoms. The third-order valence-corrected chi connectivity index (χ3v) is 3.99. The van der Waals surface area contributed by atoms with Gasteiger partial charge in [-0.05, 0) is 39.7 Å². The van der Waals surface area contributed by atoms with Crippen LogP contribution in [0.5, 0.6) is 5.75 Å². The van der Waals surface area contributed by atoms with E-state index in [1.165, 1.54) is 4.88 Å². The van der Waals surface area contributed by atoms with Crippen LogP contribution in [-0.2, 0) is 13.0 Å². The first-order chi connectivity index (χ1) is 8.63. The lowest BCUT2D eigenvalue weighted by Gasteiger charge is -2.05. The molecule has 2 aromatic rings. The molecule has 0 aliphatic rings. The van der Waals surface area contributed by atoms with Gasteiger partial charge in [-0.2, -0.15) is 0 Å². The molecule has 0 atom stereocenters. The summed E-state index contributed by atoms with van der Waals surface area (Å²) in [6.07, 6.45) is 0.484. The molecule has 1 aromatic carbocycles. The van der Waals surface area contributed by atoms with Crippen LogP contribution in [0.4, 0.5) is 0 Å². The van der Waals surface area contributed by atoms with Crippen molar-refractivity contribution in [3.8, 4) is 5.75 Å². The van der Waals surface area contributed by atoms with E-state index < -0.39 is 0 Å². The summed E-state index contributed by atoms with van der Waals surface area (Å²) in [5, 5.41) is 9.26. The minimum absolute atomic E-state index is 0.173. The summed E-state index contributed by atoms with van der Waals surface area (Å²) in [7, 11) is 0. The van der Waals surface area contributed by atoms with Gasteiger partial charge in [0.15, 0.2) is 0 Å². The van der Waals surface area contributed by atoms with E-state index in [0.29, 0.717) is 13.0 Å². The van der Waals surface area contributed by atoms with Gasteiger partial charge < -0.3 is 10.5 Å². The lowest BCUT2D eigenvalue weighted by Crippen LogP contribution is -2.12. The zero-order valence-electron chi connectivity index (χ0n) is 9.65. The van der Waals surface area contributed by atoms with Crippen molar-refractivity contribution in [2.75, 3.05) is 0 Å². The van der Waals surface area contributed by atoms with Crippen LogP contribution < -0.4 is 10.5 Å². The summed E-state index contributed by atoms with van der Waals surface area (Å²) in [4.78, 5) is 1.18. The molecule has 0 saturated heterocycles. The summed E-state index contributed by atoms with van der Waals surface area (Å²) in [6, 6.07) is 9.72. The van der Waals surface area contributed by atoms with Gasteiger partial charge in [-0.1, -0.05) is 12.1 Å². The Bertz CT molecular complexity index is 536. The summed E-state index contributed by atoms with van der Waals surface area (Å²) < 4.78 is 6.76. The van der Waals surface area contributed by atoms with Crippen molar-refractivity contribution >= 4 is 33.1 Å². The first-order valence-corrected chi connectivity index (χ1v) is 7.08. The second-order valence-electron chi connectivity index (χ2n) is 3.87. The number of nitrogens with one attached hydrogen (secondary N) is 1. The Labute approximate surface area is 118 Å². The maximum absolute atomic E-state index is 7.22. The topological polar surface area (TPSA) is 59.1 Å². The predicted molar refractivity (Wildman–Crippen MR) is 78.4 cm³/mol. The minimum atomic E-state index is 0.173. The molecule has 0 fully saturated rings. The molecule has 0 unspecified atom stereocenters. The third kappa shape index (κ3) is 3.85. The van der Waals surface area contributed by atoms with Crippen LogP contribution in [0.2, 0.25) is 0 Å². The van der Waals surface area contributed by atoms with E-state index in [0.717, 1.165) is 15.8 Å². The number of amidine groups is 1. The van der Waals surface area contributed by atoms with Crippen molar-refractivity contribution in [2.24, 2.45) is 5.73 Å². The fourth-order valence-electron chi connectivity index (χ4n) is 1.51. The van der Waals surface area contributed by atoms with E-state index in [9.17, 15) is 0 Å². The van der Waals surface area contributed by atoms with Gasteiger partial charge >= 0.3 is 0 Å². The van der Waals surface area contributed by atoms with E-state index in [1.807, 2.05) is 29.6 Å². The molecule has 0 aliphatic carbocycles. The Morgan fingerprint density at radius 1 is 1.33 bits per heavy atom. The molecule has 1 aromatic heterocycles. The van der Waals surface area contributed by atoms with Crippen LogP contribution in [0, 0.1) is 5.41 Å². The van der Waals surface area contributed by atoms with Gasteiger partial charge in [-0.25, -0.2) is 0 Å². The molecular weight excluding hydrogens is 312 g/mol. The first-order valence-electron chi connectivity index (χ1n) is 5.41. The third-order valence-electron chi connectivity index (χ3n) is 2.32. The highest BCUT2D eigenvalue weighted by atomic mass is 79.9. The van der Waals surface area contributed by atoms with Gasteiger partial charge in [-0.15, -0.1) is 11.3 Å². The molecule has 0 radical (unpaired) electrons. The van der Waals surface area contributed by atoms with Gasteiger partial charge in [0.25, 0.3) is 0 Å². The normalized spacial score (nSPS) is 10.3. The SMILES string of the molecule is N=C(N)Cc1ccc(OCc2cc(Br)cs2)cc1. The summed E-state index contributed by atoms with van der Waals surface area (Å²) in [5.74, 6) is 0.999. The number of halogens is 1. The van der Waals surface area contributed by atoms with E-state index in [1.54, 1.807) is 11.3 Å². The van der Waals surface area contributed by atoms with Crippen LogP contribution in [0.15, 0.2) is 40.2 Å². The Balaban J connectivity index is 1.92. The molecule has 0 spiro atoms. The standard InChI is InChI=1S/C13H13BrN2OS/c14-10-6-12(18-8-10)7-17-11-3-1-9(2-4-11)5-13(15)16/h1-4,6,8H,5,7H2,(H3,15,16). The second-order valence-corrected chi connectivity index (χ2v) is 5.78. The molecule has 0 amide bonds. The summed E-state index contributed by atoms with van der Waals surface area (Å²) in [5.41, 5.74) is 6.37. The van der Waals surface area contributed by atoms with Crippen LogP contribution >= 0.6 is 27.3 Å². The molecule has 0 saturated carbocycles. The largest absolute Gasteiger partial charge is 0.488 e. The van der Waals surface area contributed by atoms with Crippen molar-refractivity contribution in [3.63, 3.8) is 0 Å². The molecule has 3 nitrogen and oxygen atoms in total. The van der Waals surface area contributed by atoms with Crippen LogP contribution in [0.25, 0.3) is 0 Å². The Kier molecular flexibility index (Phi) is 4.38. The van der Waals surface area contributed by atoms with Crippen LogP contribution in [0.3, 0.4) is 0 Å². The molecule has 0 bridgehead atoms. The Morgan fingerprint density at radius 2 is 2.06 bits per heavy atom. The molecule has 0 aliphatic heterocycles. The number of benzene rings is 1. The maximum atomic E-state index is 7.22. The predicted octanol–water partition coefficient (Wildman–Crippen LogP) is 3.57. The van der Waals surface area contributed by atoms with E-state index in [4.69, 9.17) is 15.9 Å². The monoisotopic (exact) mass is 324 g/mol. The summed E-state index contributed by atoms with van der Waals surface area (Å²) in [6.45, 7) is 0.572. The van der Waals surface area contributed by atoms with Crippen molar-refractivity contribution in [1.82, 2.24) is 0 Å². The molecular formula is C13H13BrN2OS. The molecule has 2 rings (SSSR count). The van der Waals surface area contributed by atoms with Crippen LogP contribution in [0.1, 0.15) is 10.4 Å². The number of nitrogens with two attached hydrogens (primary N) is 1. The zero-order chi connectivity index (χ0) is 13.0. The van der Waals surface area contributed by atoms with Gasteiger partial charge in [0.1, 0.15) is 12.4 Å². The molecule has 3 N–H and O–H groups in total. The van der Waals surface area contributed by atoms with Gasteiger partial charge in [0.2, 0.25) is 0 Å². The van der Waals surface area contributed by atoms with Crippen molar-refractivity contribution in [3.05, 3.63) is 50.6 Å². The molecule has 1 heterocycles. The minimum Gasteiger partial charge on any atom is -0.488 e. The number of hydrogen-bond acceptors (Lipinski definition) is 3. The fourth-order valence-corrected chi connectivity index (χ4v) is 2.87. The number of hydrogen-bond donors (Lipinski definition) is 2. The summed E-state index contributed by atoms with van der Waals surface area (Å²) >= 11 is 5.08. The van der Waals surface area contributed by atoms with Crippen molar-refractivity contribution in [2.45, 2.75) is 13.0 Å². The Morgan fingerprint density at radius 3 is 2.61 bits per heavy atom. The second kappa shape index (κ2) is 6.02. The first kappa shape index (κ1) is 13.1. The van der Waals surface area contributed by atoms with Gasteiger partial charge in [0, 0.05) is 21.2 Å². The smallest absolute Gasteiger partial charge is 0.122 e. The average Bonchev–Trinajstić information content (AvgIpc) is 2.74. The average molecular weight is 325 g/mol. The van der Waals surface area contributed by atoms with Gasteiger partial charge in [0.05, 0.1) is 5.84 Å². The maximum Gasteiger partial charge on any atom is 0.122 e. The van der Waals surface area contributed by atoms with Crippen molar-refractivity contribution in [1.29, 1.82) is 5.41 Å². The highest BCUT2D eigenvalue weighted by Crippen LogP contribution is 2.21. The number of rotatable bonds is 5. The lowest BCUT2D eigenvalue weighted by atomic mass is 10.1. The molecule has 94 valence electrons. The van der Waals surface area contributed by atoms with E-state index in [-0.39, 0.29) is 5.84 Å². The van der Waals surface area contributed by atoms with E-state index >= 15 is 0 Å². The zero-order valence-corrected chi connectivity index (χ0v) is 12.1. The van der Waals surface area contributed by atoms with Gasteiger partial charge in [-0.3, -0.25) is 5.41 Å². The van der Waals surface area contributed by atoms with Crippen molar-refractivity contribution < 1.29 is 4.74 Å². The van der Waals surface area contributed by atoms with E-state index in [2.05, 4.69) is 22.0 Å². The number of thiophene rings is 1. The number of ether oxygens (including phenoxy) is 1.